The smallest absolute Gasteiger partial charge is 0.160 e. The second-order valence-electron chi connectivity index (χ2n) is 0.402. The van der Waals surface area contributed by atoms with Crippen molar-refractivity contribution in [2.45, 2.75) is 0 Å². The fourth-order valence-corrected chi connectivity index (χ4v) is 0. The summed E-state index contributed by atoms with van der Waals surface area (Å²) in [5.74, 6) is 0. The molecule has 4 N–H and O–H groups in total. The largest absolute Gasteiger partial charge is 0.377 e. The van der Waals surface area contributed by atoms with Crippen molar-refractivity contribution in [1.29, 1.82) is 0 Å². The van der Waals surface area contributed by atoms with Gasteiger partial charge >= 0.3 is 0 Å². The van der Waals surface area contributed by atoms with Crippen molar-refractivity contribution in [3.8, 4) is 0 Å². The van der Waals surface area contributed by atoms with E-state index in [1.54, 1.807) is 0 Å². The summed E-state index contributed by atoms with van der Waals surface area (Å²) in [5.41, 5.74) is 9.24. The van der Waals surface area contributed by atoms with Gasteiger partial charge in [0.2, 0.25) is 0 Å². The Hall–Kier alpha value is 0.209. The normalized spacial score (nSPS) is 4.80. The quantitative estimate of drug-likeness (QED) is 0.341. The Morgan fingerprint density at radius 1 is 1.40 bits per heavy atom. The Balaban J connectivity index is 0. The first kappa shape index (κ1) is 8.96. The van der Waals surface area contributed by atoms with Crippen LogP contribution in [-0.2, 0) is 17.1 Å². The van der Waals surface area contributed by atoms with E-state index in [2.05, 4.69) is 23.7 Å². The monoisotopic (exact) mass is 139 g/mol. The Bertz CT molecular complexity index is 32.6. The van der Waals surface area contributed by atoms with Gasteiger partial charge in [0, 0.05) is 17.1 Å². The number of thiocarbonyl (C=S) groups is 1. The Kier molecular flexibility index (Phi) is 7.54. The van der Waals surface area contributed by atoms with Crippen LogP contribution < -0.4 is 11.5 Å². The van der Waals surface area contributed by atoms with E-state index in [9.17, 15) is 0 Å². The van der Waals surface area contributed by atoms with Gasteiger partial charge in [0.15, 0.2) is 5.11 Å². The van der Waals surface area contributed by atoms with E-state index in [0.717, 1.165) is 0 Å². The number of hydrogen-bond donors (Lipinski definition) is 2. The molecule has 0 spiro atoms. The minimum Gasteiger partial charge on any atom is -0.377 e. The maximum atomic E-state index is 4.62. The molecule has 0 aliphatic carbocycles. The molecule has 35 valence electrons. The molecule has 0 fully saturated rings. The van der Waals surface area contributed by atoms with Gasteiger partial charge in [-0.1, -0.05) is 0 Å². The molecule has 0 heterocycles. The van der Waals surface area contributed by atoms with Crippen LogP contribution in [0.15, 0.2) is 0 Å². The van der Waals surface area contributed by atoms with Gasteiger partial charge in [-0.2, -0.15) is 0 Å². The van der Waals surface area contributed by atoms with Crippen molar-refractivity contribution in [3.63, 3.8) is 0 Å². The van der Waals surface area contributed by atoms with Gasteiger partial charge in [0.05, 0.1) is 0 Å². The maximum Gasteiger partial charge on any atom is 0.160 e. The molecule has 0 rings (SSSR count). The fraction of sp³-hybridized carbons (Fsp3) is 0. The summed E-state index contributed by atoms with van der Waals surface area (Å²) < 4.78 is 0. The third-order valence-electron chi connectivity index (χ3n) is 0. The van der Waals surface area contributed by atoms with E-state index in [1.165, 1.54) is 0 Å². The zero-order chi connectivity index (χ0) is 3.58. The molecule has 1 radical (unpaired) electrons. The van der Waals surface area contributed by atoms with Crippen LogP contribution in [-0.4, -0.2) is 5.11 Å². The molecule has 0 aromatic carbocycles. The first-order valence-electron chi connectivity index (χ1n) is 0.781. The molecule has 0 amide bonds. The van der Waals surface area contributed by atoms with Gasteiger partial charge in [0.1, 0.15) is 0 Å². The predicted molar refractivity (Wildman–Crippen MR) is 21.0 cm³/mol. The molecule has 0 aliphatic rings. The van der Waals surface area contributed by atoms with Crippen LogP contribution in [0.4, 0.5) is 0 Å². The van der Waals surface area contributed by atoms with Crippen LogP contribution >= 0.6 is 12.2 Å². The topological polar surface area (TPSA) is 52.0 Å². The fourth-order valence-electron chi connectivity index (χ4n) is 0. The number of nitrogens with two attached hydrogens (primary N) is 2. The Labute approximate surface area is 46.4 Å². The summed E-state index contributed by atoms with van der Waals surface area (Å²) in [4.78, 5) is 0. The van der Waals surface area contributed by atoms with E-state index in [0.29, 0.717) is 0 Å². The summed E-state index contributed by atoms with van der Waals surface area (Å²) in [6, 6.07) is 0. The summed E-state index contributed by atoms with van der Waals surface area (Å²) in [7, 11) is 0. The van der Waals surface area contributed by atoms with E-state index in [1.807, 2.05) is 0 Å². The molecule has 0 saturated heterocycles. The van der Waals surface area contributed by atoms with Crippen LogP contribution in [0, 0.1) is 0 Å². The van der Waals surface area contributed by atoms with Crippen molar-refractivity contribution >= 4 is 17.3 Å². The zero-order valence-electron chi connectivity index (χ0n) is 2.36. The minimum atomic E-state index is 0. The average Bonchev–Trinajstić information content (AvgIpc) is 0.811. The first-order valence-corrected chi connectivity index (χ1v) is 1.19. The van der Waals surface area contributed by atoms with Crippen molar-refractivity contribution in [2.24, 2.45) is 11.5 Å². The van der Waals surface area contributed by atoms with Crippen LogP contribution in [0.1, 0.15) is 0 Å². The molecule has 0 saturated carbocycles. The third kappa shape index (κ3) is 468. The van der Waals surface area contributed by atoms with Crippen LogP contribution in [0.5, 0.6) is 0 Å². The third-order valence-corrected chi connectivity index (χ3v) is 0. The Morgan fingerprint density at radius 2 is 1.40 bits per heavy atom. The van der Waals surface area contributed by atoms with Crippen molar-refractivity contribution in [2.75, 3.05) is 0 Å². The van der Waals surface area contributed by atoms with Gasteiger partial charge in [0.25, 0.3) is 0 Å². The minimum absolute atomic E-state index is 0. The zero-order valence-corrected chi connectivity index (χ0v) is 4.12. The molecule has 0 aromatic heterocycles. The molecular formula is CH4CuN2S. The van der Waals surface area contributed by atoms with Crippen molar-refractivity contribution in [3.05, 3.63) is 0 Å². The summed E-state index contributed by atoms with van der Waals surface area (Å²) in [5, 5.41) is 0.000000000000000222. The van der Waals surface area contributed by atoms with Gasteiger partial charge in [-0.25, -0.2) is 0 Å². The van der Waals surface area contributed by atoms with Crippen LogP contribution in [0.25, 0.3) is 0 Å². The van der Waals surface area contributed by atoms with E-state index in [4.69, 9.17) is 0 Å². The summed E-state index contributed by atoms with van der Waals surface area (Å²) >= 11 is 4.09. The summed E-state index contributed by atoms with van der Waals surface area (Å²) in [6.07, 6.45) is 0. The molecule has 0 aliphatic heterocycles. The second-order valence-corrected chi connectivity index (χ2v) is 0.874. The van der Waals surface area contributed by atoms with Gasteiger partial charge in [-0.05, 0) is 12.2 Å². The standard InChI is InChI=1S/CH4N2S.Cu/c2-1(3)4;/h(H4,2,3,4);. The average molecular weight is 140 g/mol. The molecule has 5 heavy (non-hydrogen) atoms. The maximum absolute atomic E-state index is 4.62. The molecular weight excluding hydrogens is 136 g/mol. The molecule has 0 bridgehead atoms. The van der Waals surface area contributed by atoms with E-state index >= 15 is 0 Å². The Morgan fingerprint density at radius 3 is 1.40 bits per heavy atom. The van der Waals surface area contributed by atoms with Crippen LogP contribution in [0.3, 0.4) is 0 Å². The van der Waals surface area contributed by atoms with Gasteiger partial charge in [-0.15, -0.1) is 0 Å². The second kappa shape index (κ2) is 4.21. The van der Waals surface area contributed by atoms with Crippen molar-refractivity contribution < 1.29 is 17.1 Å². The number of hydrogen-bond acceptors (Lipinski definition) is 1. The van der Waals surface area contributed by atoms with Gasteiger partial charge < -0.3 is 11.5 Å². The first-order chi connectivity index (χ1) is 1.73. The molecule has 2 nitrogen and oxygen atoms in total. The number of rotatable bonds is 0. The SMILES string of the molecule is NC(N)=S.[Cu]. The molecule has 0 unspecified atom stereocenters. The van der Waals surface area contributed by atoms with Crippen molar-refractivity contribution in [1.82, 2.24) is 0 Å². The van der Waals surface area contributed by atoms with Gasteiger partial charge in [-0.3, -0.25) is 0 Å². The van der Waals surface area contributed by atoms with Crippen LogP contribution in [0.2, 0.25) is 0 Å². The molecule has 0 atom stereocenters. The molecule has 0 aromatic rings. The summed E-state index contributed by atoms with van der Waals surface area (Å²) in [6.45, 7) is 0. The predicted octanol–water partition coefficient (Wildman–Crippen LogP) is -0.814. The van der Waals surface area contributed by atoms with E-state index in [-0.39, 0.29) is 22.2 Å². The molecule has 4 heteroatoms. The van der Waals surface area contributed by atoms with E-state index < -0.39 is 0 Å².